The highest BCUT2D eigenvalue weighted by Gasteiger charge is 2.22. The maximum Gasteiger partial charge on any atom is 0.260 e. The van der Waals surface area contributed by atoms with Crippen LogP contribution in [0.15, 0.2) is 66.1 Å². The van der Waals surface area contributed by atoms with Crippen LogP contribution < -0.4 is 4.90 Å². The number of rotatable bonds is 9. The molecule has 32 heavy (non-hydrogen) atoms. The molecule has 0 atom stereocenters. The summed E-state index contributed by atoms with van der Waals surface area (Å²) in [5, 5.41) is 1.22. The van der Waals surface area contributed by atoms with Crippen molar-refractivity contribution in [1.29, 1.82) is 0 Å². The third-order valence-electron chi connectivity index (χ3n) is 5.16. The number of para-hydroxylation sites is 1. The number of anilines is 1. The minimum Gasteiger partial charge on any atom is -0.337 e. The summed E-state index contributed by atoms with van der Waals surface area (Å²) in [6, 6.07) is 14.2. The number of fused-ring (bicyclic) bond motifs is 1. The van der Waals surface area contributed by atoms with E-state index in [0.29, 0.717) is 17.4 Å². The van der Waals surface area contributed by atoms with E-state index in [2.05, 4.69) is 50.0 Å². The molecule has 166 valence electrons. The average molecular weight is 465 g/mol. The molecule has 0 spiro atoms. The predicted molar refractivity (Wildman–Crippen MR) is 135 cm³/mol. The number of thioether (sulfide) groups is 1. The van der Waals surface area contributed by atoms with Crippen molar-refractivity contribution in [1.82, 2.24) is 14.5 Å². The number of aromatic nitrogens is 3. The molecular weight excluding hydrogens is 436 g/mol. The second-order valence-corrected chi connectivity index (χ2v) is 10.6. The van der Waals surface area contributed by atoms with Gasteiger partial charge in [-0.25, -0.2) is 9.97 Å². The SMILES string of the molecule is CCc1cccc2sc(N(CCCn3ccnc3)C(=O)c3cccc(SC(C)C)c3)nc12. The molecule has 0 aliphatic rings. The van der Waals surface area contributed by atoms with Crippen molar-refractivity contribution in [3.63, 3.8) is 0 Å². The van der Waals surface area contributed by atoms with Crippen molar-refractivity contribution in [2.24, 2.45) is 0 Å². The minimum atomic E-state index is -0.000980. The molecule has 2 aromatic carbocycles. The molecule has 2 heterocycles. The van der Waals surface area contributed by atoms with Crippen molar-refractivity contribution < 1.29 is 4.79 Å². The van der Waals surface area contributed by atoms with Crippen LogP contribution in [0.1, 0.15) is 43.1 Å². The van der Waals surface area contributed by atoms with Crippen LogP contribution in [-0.2, 0) is 13.0 Å². The number of benzene rings is 2. The fourth-order valence-electron chi connectivity index (χ4n) is 3.64. The average Bonchev–Trinajstić information content (AvgIpc) is 3.45. The Hall–Kier alpha value is -2.64. The third-order valence-corrected chi connectivity index (χ3v) is 7.20. The van der Waals surface area contributed by atoms with Gasteiger partial charge in [0.1, 0.15) is 0 Å². The van der Waals surface area contributed by atoms with Crippen LogP contribution in [0.25, 0.3) is 10.2 Å². The van der Waals surface area contributed by atoms with Crippen LogP contribution in [0.3, 0.4) is 0 Å². The summed E-state index contributed by atoms with van der Waals surface area (Å²) in [6.45, 7) is 7.86. The molecule has 0 bridgehead atoms. The summed E-state index contributed by atoms with van der Waals surface area (Å²) >= 11 is 3.36. The molecule has 0 unspecified atom stereocenters. The number of imidazole rings is 1. The van der Waals surface area contributed by atoms with Crippen molar-refractivity contribution in [3.05, 3.63) is 72.3 Å². The highest BCUT2D eigenvalue weighted by molar-refractivity contribution is 7.99. The Labute approximate surface area is 197 Å². The molecule has 0 fully saturated rings. The topological polar surface area (TPSA) is 51.0 Å². The highest BCUT2D eigenvalue weighted by atomic mass is 32.2. The molecule has 0 N–H and O–H groups in total. The fraction of sp³-hybridized carbons (Fsp3) is 0.320. The summed E-state index contributed by atoms with van der Waals surface area (Å²) in [5.74, 6) is -0.000980. The standard InChI is InChI=1S/C25H28N4OS2/c1-4-19-8-6-11-22-23(19)27-25(32-22)29(14-7-13-28-15-12-26-17-28)24(30)20-9-5-10-21(16-20)31-18(2)3/h5-6,8-12,15-18H,4,7,13-14H2,1-3H3. The van der Waals surface area contributed by atoms with Gasteiger partial charge in [-0.2, -0.15) is 0 Å². The second kappa shape index (κ2) is 10.3. The molecule has 5 nitrogen and oxygen atoms in total. The van der Waals surface area contributed by atoms with E-state index in [-0.39, 0.29) is 5.91 Å². The zero-order chi connectivity index (χ0) is 22.5. The second-order valence-electron chi connectivity index (χ2n) is 7.92. The number of hydrogen-bond donors (Lipinski definition) is 0. The molecule has 0 saturated heterocycles. The normalized spacial score (nSPS) is 11.4. The van der Waals surface area contributed by atoms with E-state index < -0.39 is 0 Å². The third kappa shape index (κ3) is 5.22. The van der Waals surface area contributed by atoms with Gasteiger partial charge in [0.25, 0.3) is 5.91 Å². The fourth-order valence-corrected chi connectivity index (χ4v) is 5.57. The molecule has 0 aliphatic heterocycles. The summed E-state index contributed by atoms with van der Waals surface area (Å²) < 4.78 is 3.16. The van der Waals surface area contributed by atoms with Gasteiger partial charge in [-0.3, -0.25) is 9.69 Å². The summed E-state index contributed by atoms with van der Waals surface area (Å²) in [4.78, 5) is 25.7. The van der Waals surface area contributed by atoms with E-state index in [0.717, 1.165) is 39.6 Å². The van der Waals surface area contributed by atoms with Crippen LogP contribution in [0.2, 0.25) is 0 Å². The van der Waals surface area contributed by atoms with Gasteiger partial charge in [-0.1, -0.05) is 50.3 Å². The van der Waals surface area contributed by atoms with Gasteiger partial charge in [0, 0.05) is 41.2 Å². The van der Waals surface area contributed by atoms with Crippen LogP contribution >= 0.6 is 23.1 Å². The van der Waals surface area contributed by atoms with Crippen molar-refractivity contribution in [2.75, 3.05) is 11.4 Å². The molecule has 0 radical (unpaired) electrons. The van der Waals surface area contributed by atoms with Crippen molar-refractivity contribution in [3.8, 4) is 0 Å². The lowest BCUT2D eigenvalue weighted by Crippen LogP contribution is -2.32. The van der Waals surface area contributed by atoms with Crippen LogP contribution in [0, 0.1) is 0 Å². The Morgan fingerprint density at radius 2 is 2.06 bits per heavy atom. The van der Waals surface area contributed by atoms with Gasteiger partial charge < -0.3 is 4.57 Å². The number of carbonyl (C=O) groups excluding carboxylic acids is 1. The van der Waals surface area contributed by atoms with Gasteiger partial charge in [-0.05, 0) is 42.7 Å². The number of aryl methyl sites for hydroxylation is 2. The maximum absolute atomic E-state index is 13.7. The van der Waals surface area contributed by atoms with Gasteiger partial charge in [0.15, 0.2) is 5.13 Å². The summed E-state index contributed by atoms with van der Waals surface area (Å²) in [7, 11) is 0. The first-order valence-corrected chi connectivity index (χ1v) is 12.7. The van der Waals surface area contributed by atoms with E-state index in [1.54, 1.807) is 29.3 Å². The van der Waals surface area contributed by atoms with Crippen LogP contribution in [0.5, 0.6) is 0 Å². The van der Waals surface area contributed by atoms with E-state index in [4.69, 9.17) is 4.98 Å². The lowest BCUT2D eigenvalue weighted by Gasteiger charge is -2.20. The summed E-state index contributed by atoms with van der Waals surface area (Å²) in [6.07, 6.45) is 7.28. The minimum absolute atomic E-state index is 0.000980. The Morgan fingerprint density at radius 1 is 1.22 bits per heavy atom. The highest BCUT2D eigenvalue weighted by Crippen LogP contribution is 2.32. The predicted octanol–water partition coefficient (Wildman–Crippen LogP) is 6.29. The molecule has 0 aliphatic carbocycles. The number of amides is 1. The number of nitrogens with zero attached hydrogens (tertiary/aromatic N) is 4. The lowest BCUT2D eigenvalue weighted by molar-refractivity contribution is 0.0986. The molecule has 4 rings (SSSR count). The molecule has 2 aromatic heterocycles. The van der Waals surface area contributed by atoms with E-state index >= 15 is 0 Å². The first-order valence-electron chi connectivity index (χ1n) is 11.0. The van der Waals surface area contributed by atoms with Gasteiger partial charge in [0.2, 0.25) is 0 Å². The maximum atomic E-state index is 13.7. The van der Waals surface area contributed by atoms with Crippen LogP contribution in [0.4, 0.5) is 5.13 Å². The number of hydrogen-bond acceptors (Lipinski definition) is 5. The smallest absolute Gasteiger partial charge is 0.260 e. The monoisotopic (exact) mass is 464 g/mol. The first kappa shape index (κ1) is 22.6. The quantitative estimate of drug-likeness (QED) is 0.273. The van der Waals surface area contributed by atoms with Crippen LogP contribution in [-0.4, -0.2) is 32.2 Å². The lowest BCUT2D eigenvalue weighted by atomic mass is 10.1. The zero-order valence-corrected chi connectivity index (χ0v) is 20.3. The van der Waals surface area contributed by atoms with E-state index in [1.165, 1.54) is 5.56 Å². The molecule has 4 aromatic rings. The molecule has 7 heteroatoms. The Kier molecular flexibility index (Phi) is 7.27. The Balaban J connectivity index is 1.65. The van der Waals surface area contributed by atoms with Gasteiger partial charge in [0.05, 0.1) is 16.5 Å². The Morgan fingerprint density at radius 3 is 2.81 bits per heavy atom. The van der Waals surface area contributed by atoms with Gasteiger partial charge in [-0.15, -0.1) is 11.8 Å². The van der Waals surface area contributed by atoms with Crippen molar-refractivity contribution in [2.45, 2.75) is 50.3 Å². The van der Waals surface area contributed by atoms with E-state index in [9.17, 15) is 4.79 Å². The Bertz CT molecular complexity index is 1180. The van der Waals surface area contributed by atoms with Gasteiger partial charge >= 0.3 is 0 Å². The first-order chi connectivity index (χ1) is 15.5. The van der Waals surface area contributed by atoms with E-state index in [1.807, 2.05) is 40.2 Å². The summed E-state index contributed by atoms with van der Waals surface area (Å²) in [5.41, 5.74) is 2.92. The number of carbonyl (C=O) groups is 1. The molecule has 0 saturated carbocycles. The zero-order valence-electron chi connectivity index (χ0n) is 18.7. The number of thiazole rings is 1. The van der Waals surface area contributed by atoms with Crippen molar-refractivity contribution >= 4 is 44.4 Å². The largest absolute Gasteiger partial charge is 0.337 e. The molecule has 1 amide bonds. The molecular formula is C25H28N4OS2.